The molecule has 0 aliphatic carbocycles. The average molecular weight is 303 g/mol. The monoisotopic (exact) mass is 303 g/mol. The van der Waals surface area contributed by atoms with E-state index in [-0.39, 0.29) is 11.2 Å². The Balaban J connectivity index is 1.77. The second-order valence-corrected chi connectivity index (χ2v) is 6.33. The third-order valence-corrected chi connectivity index (χ3v) is 4.84. The third kappa shape index (κ3) is 2.92. The van der Waals surface area contributed by atoms with Gasteiger partial charge in [-0.15, -0.1) is 5.10 Å². The molecule has 110 valence electrons. The fourth-order valence-electron chi connectivity index (χ4n) is 2.38. The quantitative estimate of drug-likeness (QED) is 0.865. The molecule has 6 nitrogen and oxygen atoms in total. The Morgan fingerprint density at radius 2 is 2.05 bits per heavy atom. The minimum atomic E-state index is -0.121. The van der Waals surface area contributed by atoms with Crippen LogP contribution < -0.4 is 4.90 Å². The predicted molar refractivity (Wildman–Crippen MR) is 81.2 cm³/mol. The summed E-state index contributed by atoms with van der Waals surface area (Å²) < 4.78 is 1.60. The first-order chi connectivity index (χ1) is 10.1. The van der Waals surface area contributed by atoms with Crippen LogP contribution in [0.1, 0.15) is 18.4 Å². The van der Waals surface area contributed by atoms with Gasteiger partial charge in [-0.1, -0.05) is 29.5 Å². The number of aromatic nitrogens is 4. The van der Waals surface area contributed by atoms with E-state index in [2.05, 4.69) is 15.5 Å². The fraction of sp³-hybridized carbons (Fsp3) is 0.429. The van der Waals surface area contributed by atoms with Crippen LogP contribution in [0.5, 0.6) is 0 Å². The summed E-state index contributed by atoms with van der Waals surface area (Å²) in [4.78, 5) is 14.5. The van der Waals surface area contributed by atoms with Crippen LogP contribution >= 0.6 is 11.8 Å². The molecular weight excluding hydrogens is 286 g/mol. The third-order valence-electron chi connectivity index (χ3n) is 3.56. The van der Waals surface area contributed by atoms with Crippen LogP contribution in [0.4, 0.5) is 5.69 Å². The molecule has 1 saturated heterocycles. The number of hydrogen-bond acceptors (Lipinski definition) is 5. The Labute approximate surface area is 127 Å². The molecule has 0 radical (unpaired) electrons. The van der Waals surface area contributed by atoms with Crippen LogP contribution in [-0.4, -0.2) is 37.9 Å². The number of rotatable bonds is 3. The Kier molecular flexibility index (Phi) is 3.92. The maximum atomic E-state index is 12.7. The van der Waals surface area contributed by atoms with Gasteiger partial charge in [-0.25, -0.2) is 4.68 Å². The van der Waals surface area contributed by atoms with Crippen molar-refractivity contribution in [2.45, 2.75) is 30.2 Å². The summed E-state index contributed by atoms with van der Waals surface area (Å²) in [5.74, 6) is 0.137. The van der Waals surface area contributed by atoms with E-state index >= 15 is 0 Å². The molecule has 3 rings (SSSR count). The van der Waals surface area contributed by atoms with Crippen molar-refractivity contribution < 1.29 is 4.79 Å². The highest BCUT2D eigenvalue weighted by atomic mass is 32.2. The van der Waals surface area contributed by atoms with Gasteiger partial charge in [0.05, 0.1) is 5.25 Å². The molecule has 0 spiro atoms. The van der Waals surface area contributed by atoms with E-state index in [0.717, 1.165) is 25.1 Å². The Morgan fingerprint density at radius 3 is 2.71 bits per heavy atom. The van der Waals surface area contributed by atoms with Crippen molar-refractivity contribution in [2.24, 2.45) is 7.05 Å². The molecule has 1 fully saturated rings. The summed E-state index contributed by atoms with van der Waals surface area (Å²) in [6, 6.07) is 8.08. The summed E-state index contributed by atoms with van der Waals surface area (Å²) in [6.07, 6.45) is 1.85. The van der Waals surface area contributed by atoms with Gasteiger partial charge in [0.1, 0.15) is 0 Å². The molecule has 1 aliphatic heterocycles. The van der Waals surface area contributed by atoms with E-state index in [0.29, 0.717) is 5.16 Å². The molecule has 21 heavy (non-hydrogen) atoms. The summed E-state index contributed by atoms with van der Waals surface area (Å²) in [7, 11) is 1.79. The van der Waals surface area contributed by atoms with Crippen LogP contribution in [0.25, 0.3) is 0 Å². The summed E-state index contributed by atoms with van der Waals surface area (Å²) in [6.45, 7) is 2.82. The zero-order valence-electron chi connectivity index (χ0n) is 12.1. The zero-order valence-corrected chi connectivity index (χ0v) is 12.9. The van der Waals surface area contributed by atoms with Crippen molar-refractivity contribution in [1.82, 2.24) is 20.2 Å². The van der Waals surface area contributed by atoms with Crippen molar-refractivity contribution in [2.75, 3.05) is 11.4 Å². The number of piperidine rings is 1. The molecule has 1 unspecified atom stereocenters. The normalized spacial score (nSPS) is 19.0. The summed E-state index contributed by atoms with van der Waals surface area (Å²) in [5, 5.41) is 11.9. The minimum absolute atomic E-state index is 0.121. The van der Waals surface area contributed by atoms with E-state index in [4.69, 9.17) is 0 Å². The van der Waals surface area contributed by atoms with E-state index in [1.807, 2.05) is 36.1 Å². The van der Waals surface area contributed by atoms with Crippen LogP contribution in [-0.2, 0) is 11.8 Å². The lowest BCUT2D eigenvalue weighted by atomic mass is 10.1. The van der Waals surface area contributed by atoms with Crippen molar-refractivity contribution in [1.29, 1.82) is 0 Å². The molecule has 7 heteroatoms. The zero-order chi connectivity index (χ0) is 14.8. The van der Waals surface area contributed by atoms with Gasteiger partial charge in [0.25, 0.3) is 0 Å². The van der Waals surface area contributed by atoms with Crippen molar-refractivity contribution in [3.05, 3.63) is 29.8 Å². The van der Waals surface area contributed by atoms with Gasteiger partial charge >= 0.3 is 0 Å². The first-order valence-electron chi connectivity index (χ1n) is 6.92. The second kappa shape index (κ2) is 5.85. The number of carbonyl (C=O) groups excluding carboxylic acids is 1. The highest BCUT2D eigenvalue weighted by Crippen LogP contribution is 2.31. The van der Waals surface area contributed by atoms with Crippen LogP contribution in [0.2, 0.25) is 0 Å². The topological polar surface area (TPSA) is 63.9 Å². The maximum absolute atomic E-state index is 12.7. The number of carbonyl (C=O) groups is 1. The number of hydrogen-bond donors (Lipinski definition) is 0. The van der Waals surface area contributed by atoms with Gasteiger partial charge in [0, 0.05) is 19.3 Å². The summed E-state index contributed by atoms with van der Waals surface area (Å²) >= 11 is 1.44. The SMILES string of the molecule is Cc1ccc(N2CCCC(Sc3nnnn3C)C2=O)cc1. The second-order valence-electron chi connectivity index (χ2n) is 5.16. The Bertz CT molecular complexity index is 639. The molecule has 0 saturated carbocycles. The molecule has 1 aliphatic rings. The van der Waals surface area contributed by atoms with E-state index in [9.17, 15) is 4.79 Å². The lowest BCUT2D eigenvalue weighted by Crippen LogP contribution is -2.43. The molecule has 1 atom stereocenters. The van der Waals surface area contributed by atoms with Crippen molar-refractivity contribution in [3.63, 3.8) is 0 Å². The molecule has 0 bridgehead atoms. The molecule has 2 heterocycles. The average Bonchev–Trinajstić information content (AvgIpc) is 2.88. The maximum Gasteiger partial charge on any atom is 0.240 e. The van der Waals surface area contributed by atoms with Crippen molar-refractivity contribution in [3.8, 4) is 0 Å². The predicted octanol–water partition coefficient (Wildman–Crippen LogP) is 1.81. The Hall–Kier alpha value is -1.89. The first kappa shape index (κ1) is 14.1. The van der Waals surface area contributed by atoms with E-state index in [1.165, 1.54) is 17.3 Å². The number of tetrazole rings is 1. The highest BCUT2D eigenvalue weighted by Gasteiger charge is 2.31. The van der Waals surface area contributed by atoms with Crippen LogP contribution in [0.15, 0.2) is 29.4 Å². The number of aryl methyl sites for hydroxylation is 2. The lowest BCUT2D eigenvalue weighted by Gasteiger charge is -2.31. The molecule has 1 amide bonds. The van der Waals surface area contributed by atoms with Gasteiger partial charge in [-0.2, -0.15) is 0 Å². The standard InChI is InChI=1S/C14H17N5OS/c1-10-5-7-11(8-6-10)19-9-3-4-12(13(19)20)21-14-15-16-17-18(14)2/h5-8,12H,3-4,9H2,1-2H3. The summed E-state index contributed by atoms with van der Waals surface area (Å²) in [5.41, 5.74) is 2.16. The van der Waals surface area contributed by atoms with E-state index < -0.39 is 0 Å². The lowest BCUT2D eigenvalue weighted by molar-refractivity contribution is -0.119. The number of nitrogens with zero attached hydrogens (tertiary/aromatic N) is 5. The molecular formula is C14H17N5OS. The smallest absolute Gasteiger partial charge is 0.240 e. The van der Waals surface area contributed by atoms with Gasteiger partial charge in [-0.05, 0) is 42.3 Å². The first-order valence-corrected chi connectivity index (χ1v) is 7.80. The number of amides is 1. The highest BCUT2D eigenvalue weighted by molar-refractivity contribution is 8.00. The van der Waals surface area contributed by atoms with Crippen LogP contribution in [0, 0.1) is 6.92 Å². The van der Waals surface area contributed by atoms with Crippen molar-refractivity contribution >= 4 is 23.4 Å². The molecule has 0 N–H and O–H groups in total. The van der Waals surface area contributed by atoms with Gasteiger partial charge in [0.2, 0.25) is 11.1 Å². The Morgan fingerprint density at radius 1 is 1.29 bits per heavy atom. The largest absolute Gasteiger partial charge is 0.311 e. The van der Waals surface area contributed by atoms with Gasteiger partial charge < -0.3 is 4.90 Å². The fourth-order valence-corrected chi connectivity index (χ4v) is 3.42. The van der Waals surface area contributed by atoms with Gasteiger partial charge in [-0.3, -0.25) is 4.79 Å². The molecule has 2 aromatic rings. The van der Waals surface area contributed by atoms with Gasteiger partial charge in [0.15, 0.2) is 0 Å². The number of thioether (sulfide) groups is 1. The molecule has 1 aromatic carbocycles. The minimum Gasteiger partial charge on any atom is -0.311 e. The van der Waals surface area contributed by atoms with E-state index in [1.54, 1.807) is 11.7 Å². The van der Waals surface area contributed by atoms with Crippen LogP contribution in [0.3, 0.4) is 0 Å². The molecule has 1 aromatic heterocycles. The number of benzene rings is 1. The number of anilines is 1.